The molecular formula is C27H28F2N6O5. The molecule has 0 bridgehead atoms. The van der Waals surface area contributed by atoms with E-state index in [0.717, 1.165) is 29.7 Å². The normalized spacial score (nSPS) is 17.4. The zero-order chi connectivity index (χ0) is 28.0. The number of nitro benzene ring substituents is 1. The number of hydrogen-bond donors (Lipinski definition) is 1. The van der Waals surface area contributed by atoms with Gasteiger partial charge in [-0.3, -0.25) is 10.1 Å². The number of aromatic nitrogens is 2. The Balaban J connectivity index is 1.30. The highest BCUT2D eigenvalue weighted by Gasteiger charge is 2.50. The van der Waals surface area contributed by atoms with Crippen LogP contribution in [0.15, 0.2) is 30.5 Å². The molecule has 0 radical (unpaired) electrons. The van der Waals surface area contributed by atoms with Crippen LogP contribution >= 0.6 is 0 Å². The maximum absolute atomic E-state index is 15.2. The van der Waals surface area contributed by atoms with Gasteiger partial charge in [0.2, 0.25) is 11.6 Å². The number of pyridine rings is 2. The van der Waals surface area contributed by atoms with Crippen molar-refractivity contribution in [1.82, 2.24) is 9.97 Å². The van der Waals surface area contributed by atoms with Crippen molar-refractivity contribution < 1.29 is 27.9 Å². The van der Waals surface area contributed by atoms with Crippen LogP contribution in [0.4, 0.5) is 37.3 Å². The van der Waals surface area contributed by atoms with Crippen LogP contribution in [0.25, 0.3) is 0 Å². The molecule has 1 N–H and O–H groups in total. The molecule has 6 rings (SSSR count). The van der Waals surface area contributed by atoms with E-state index in [1.165, 1.54) is 14.2 Å². The Morgan fingerprint density at radius 1 is 1.07 bits per heavy atom. The molecule has 2 aromatic heterocycles. The minimum absolute atomic E-state index is 0.0534. The molecule has 1 spiro atoms. The van der Waals surface area contributed by atoms with Crippen LogP contribution in [0.2, 0.25) is 0 Å². The fraction of sp³-hybridized carbons (Fsp3) is 0.407. The van der Waals surface area contributed by atoms with Crippen molar-refractivity contribution in [3.05, 3.63) is 63.3 Å². The van der Waals surface area contributed by atoms with Gasteiger partial charge in [-0.15, -0.1) is 0 Å². The largest absolute Gasteiger partial charge is 0.479 e. The molecule has 3 aromatic rings. The van der Waals surface area contributed by atoms with Crippen molar-refractivity contribution in [2.75, 3.05) is 62.2 Å². The second-order valence-electron chi connectivity index (χ2n) is 10.2. The predicted molar refractivity (Wildman–Crippen MR) is 143 cm³/mol. The molecule has 0 amide bonds. The highest BCUT2D eigenvalue weighted by atomic mass is 19.1. The summed E-state index contributed by atoms with van der Waals surface area (Å²) < 4.78 is 45.9. The summed E-state index contributed by atoms with van der Waals surface area (Å²) in [6.07, 6.45) is 3.32. The van der Waals surface area contributed by atoms with E-state index in [1.807, 2.05) is 12.1 Å². The van der Waals surface area contributed by atoms with E-state index in [0.29, 0.717) is 44.4 Å². The number of nitro groups is 1. The monoisotopic (exact) mass is 554 g/mol. The zero-order valence-corrected chi connectivity index (χ0v) is 22.1. The van der Waals surface area contributed by atoms with Crippen molar-refractivity contribution in [3.63, 3.8) is 0 Å². The number of anilines is 4. The first-order valence-corrected chi connectivity index (χ1v) is 12.9. The molecule has 210 valence electrons. The Kier molecular flexibility index (Phi) is 6.53. The first-order valence-electron chi connectivity index (χ1n) is 12.9. The molecular weight excluding hydrogens is 526 g/mol. The second-order valence-corrected chi connectivity index (χ2v) is 10.2. The average Bonchev–Trinajstić information content (AvgIpc) is 3.74. The Morgan fingerprint density at radius 3 is 2.40 bits per heavy atom. The third-order valence-electron chi connectivity index (χ3n) is 7.78. The number of rotatable bonds is 7. The first-order chi connectivity index (χ1) is 19.3. The van der Waals surface area contributed by atoms with Gasteiger partial charge in [0.1, 0.15) is 17.2 Å². The Labute approximate surface area is 228 Å². The Bertz CT molecular complexity index is 1450. The van der Waals surface area contributed by atoms with E-state index in [2.05, 4.69) is 20.2 Å². The quantitative estimate of drug-likeness (QED) is 0.335. The second kappa shape index (κ2) is 10.0. The molecule has 13 heteroatoms. The fourth-order valence-electron chi connectivity index (χ4n) is 5.59. The van der Waals surface area contributed by atoms with Gasteiger partial charge in [0.05, 0.1) is 32.4 Å². The summed E-state index contributed by atoms with van der Waals surface area (Å²) in [6, 6.07) is 6.99. The molecule has 1 saturated heterocycles. The van der Waals surface area contributed by atoms with Gasteiger partial charge in [-0.2, -0.15) is 13.8 Å². The van der Waals surface area contributed by atoms with Crippen LogP contribution < -0.4 is 24.6 Å². The van der Waals surface area contributed by atoms with Crippen LogP contribution in [-0.2, 0) is 16.7 Å². The van der Waals surface area contributed by atoms with Crippen LogP contribution in [0.3, 0.4) is 0 Å². The van der Waals surface area contributed by atoms with Crippen molar-refractivity contribution in [1.29, 1.82) is 0 Å². The smallest absolute Gasteiger partial charge is 0.294 e. The van der Waals surface area contributed by atoms with Crippen molar-refractivity contribution in [2.24, 2.45) is 0 Å². The molecule has 11 nitrogen and oxygen atoms in total. The highest BCUT2D eigenvalue weighted by Crippen LogP contribution is 2.54. The molecule has 2 fully saturated rings. The minimum Gasteiger partial charge on any atom is -0.479 e. The lowest BCUT2D eigenvalue weighted by Crippen LogP contribution is -2.39. The number of nitrogens with one attached hydrogen (secondary N) is 1. The van der Waals surface area contributed by atoms with Gasteiger partial charge in [-0.05, 0) is 42.2 Å². The number of nitrogens with zero attached hydrogens (tertiary/aromatic N) is 5. The minimum atomic E-state index is -0.890. The number of halogens is 2. The standard InChI is InChI=1S/C27H28F2N6O5/c1-38-25-22(28)24(23(29)26(32-25)39-2)34-14-16-13-30-21(12-18(16)27(15-34)5-6-27)31-19-4-3-17(11-20(19)35(36)37)33-7-9-40-10-8-33/h3-4,11-13H,5-10,14-15H2,1-2H3,(H,30,31). The molecule has 1 aliphatic carbocycles. The summed E-state index contributed by atoms with van der Waals surface area (Å²) in [6.45, 7) is 3.08. The van der Waals surface area contributed by atoms with Gasteiger partial charge in [-0.1, -0.05) is 0 Å². The van der Waals surface area contributed by atoms with Crippen molar-refractivity contribution >= 4 is 28.6 Å². The number of ether oxygens (including phenoxy) is 3. The topological polar surface area (TPSA) is 115 Å². The molecule has 3 aliphatic rings. The third-order valence-corrected chi connectivity index (χ3v) is 7.78. The molecule has 0 atom stereocenters. The van der Waals surface area contributed by atoms with Gasteiger partial charge in [0.25, 0.3) is 17.4 Å². The molecule has 1 saturated carbocycles. The molecule has 0 unspecified atom stereocenters. The zero-order valence-electron chi connectivity index (χ0n) is 22.1. The summed E-state index contributed by atoms with van der Waals surface area (Å²) in [4.78, 5) is 23.5. The van der Waals surface area contributed by atoms with E-state index in [4.69, 9.17) is 14.2 Å². The molecule has 2 aliphatic heterocycles. The summed E-state index contributed by atoms with van der Waals surface area (Å²) >= 11 is 0. The third kappa shape index (κ3) is 4.49. The van der Waals surface area contributed by atoms with Crippen LogP contribution in [0.5, 0.6) is 11.8 Å². The number of fused-ring (bicyclic) bond motifs is 2. The van der Waals surface area contributed by atoms with Gasteiger partial charge < -0.3 is 29.3 Å². The van der Waals surface area contributed by atoms with Crippen LogP contribution in [0, 0.1) is 21.7 Å². The molecule has 4 heterocycles. The summed E-state index contributed by atoms with van der Waals surface area (Å²) in [5.74, 6) is -2.01. The maximum Gasteiger partial charge on any atom is 0.294 e. The van der Waals surface area contributed by atoms with E-state index in [1.54, 1.807) is 23.2 Å². The lowest BCUT2D eigenvalue weighted by atomic mass is 9.87. The van der Waals surface area contributed by atoms with Crippen molar-refractivity contribution in [3.8, 4) is 11.8 Å². The SMILES string of the molecule is COc1nc(OC)c(F)c(N2Cc3cnc(Nc4ccc(N5CCOCC5)cc4[N+](=O)[O-])cc3C3(CC3)C2)c1F. The fourth-order valence-corrected chi connectivity index (χ4v) is 5.59. The summed E-state index contributed by atoms with van der Waals surface area (Å²) in [7, 11) is 2.53. The highest BCUT2D eigenvalue weighted by molar-refractivity contribution is 5.73. The van der Waals surface area contributed by atoms with E-state index in [-0.39, 0.29) is 35.1 Å². The van der Waals surface area contributed by atoms with Gasteiger partial charge in [0, 0.05) is 49.5 Å². The number of benzene rings is 1. The summed E-state index contributed by atoms with van der Waals surface area (Å²) in [5.41, 5.74) is 2.31. The van der Waals surface area contributed by atoms with E-state index < -0.39 is 16.6 Å². The molecule has 40 heavy (non-hydrogen) atoms. The maximum atomic E-state index is 15.2. The summed E-state index contributed by atoms with van der Waals surface area (Å²) in [5, 5.41) is 15.0. The van der Waals surface area contributed by atoms with Gasteiger partial charge >= 0.3 is 0 Å². The van der Waals surface area contributed by atoms with E-state index in [9.17, 15) is 10.1 Å². The predicted octanol–water partition coefficient (Wildman–Crippen LogP) is 4.31. The average molecular weight is 555 g/mol. The number of hydrogen-bond acceptors (Lipinski definition) is 10. The van der Waals surface area contributed by atoms with Gasteiger partial charge in [-0.25, -0.2) is 4.98 Å². The lowest BCUT2D eigenvalue weighted by Gasteiger charge is -2.37. The van der Waals surface area contributed by atoms with E-state index >= 15 is 8.78 Å². The van der Waals surface area contributed by atoms with Gasteiger partial charge in [0.15, 0.2) is 0 Å². The number of morpholine rings is 1. The van der Waals surface area contributed by atoms with Crippen LogP contribution in [0.1, 0.15) is 24.0 Å². The van der Waals surface area contributed by atoms with Crippen molar-refractivity contribution in [2.45, 2.75) is 24.8 Å². The Hall–Kier alpha value is -4.26. The first kappa shape index (κ1) is 26.0. The lowest BCUT2D eigenvalue weighted by molar-refractivity contribution is -0.383. The van der Waals surface area contributed by atoms with Crippen LogP contribution in [-0.4, -0.2) is 62.0 Å². The number of methoxy groups -OCH3 is 2. The Morgan fingerprint density at radius 2 is 1.77 bits per heavy atom. The molecule has 1 aromatic carbocycles.